The molecule has 4 heteroatoms. The number of pyridine rings is 1. The maximum atomic E-state index is 5.64. The van der Waals surface area contributed by atoms with Gasteiger partial charge in [0.2, 0.25) is 0 Å². The number of hydrogen-bond donors (Lipinski definition) is 0. The summed E-state index contributed by atoms with van der Waals surface area (Å²) in [6.45, 7) is 15.8. The molecule has 268 valence electrons. The van der Waals surface area contributed by atoms with Gasteiger partial charge in [-0.05, 0) is 84.5 Å². The second-order valence-electron chi connectivity index (χ2n) is 15.4. The molecule has 0 bridgehead atoms. The van der Waals surface area contributed by atoms with E-state index in [1.807, 2.05) is 6.20 Å². The maximum Gasteiger partial charge on any atom is 0.117 e. The Labute approximate surface area is 315 Å². The molecule has 2 atom stereocenters. The Morgan fingerprint density at radius 1 is 0.596 bits per heavy atom. The van der Waals surface area contributed by atoms with Gasteiger partial charge in [0.05, 0.1) is 15.9 Å². The molecule has 3 heterocycles. The fourth-order valence-electron chi connectivity index (χ4n) is 8.25. The van der Waals surface area contributed by atoms with Crippen LogP contribution in [-0.4, -0.2) is 15.0 Å². The van der Waals surface area contributed by atoms with Crippen LogP contribution in [0.15, 0.2) is 72.9 Å². The van der Waals surface area contributed by atoms with Crippen LogP contribution in [0, 0.1) is 32.6 Å². The smallest absolute Gasteiger partial charge is 0.117 e. The molecule has 4 aromatic carbocycles. The number of hydrogen-bond acceptors (Lipinski definition) is 4. The SMILES string of the molecule is CCCCC(CC)Cc1ccc2c(c1)c1cc(CC(CC)CCCC)ccc1c1nc3c(-c4sc(C)cc4C)ncc(-c4ccc(C)cc4)c3nc21. The van der Waals surface area contributed by atoms with Crippen molar-refractivity contribution in [3.05, 3.63) is 100 Å². The maximum absolute atomic E-state index is 5.64. The highest BCUT2D eigenvalue weighted by Crippen LogP contribution is 2.41. The molecule has 0 aliphatic carbocycles. The minimum atomic E-state index is 0.707. The number of aromatic nitrogens is 3. The number of thiophene rings is 1. The summed E-state index contributed by atoms with van der Waals surface area (Å²) in [5, 5.41) is 4.98. The van der Waals surface area contributed by atoms with Crippen molar-refractivity contribution >= 4 is 54.9 Å². The van der Waals surface area contributed by atoms with Gasteiger partial charge < -0.3 is 0 Å². The first kappa shape index (κ1) is 36.2. The van der Waals surface area contributed by atoms with Crippen LogP contribution in [0.25, 0.3) is 65.3 Å². The third-order valence-electron chi connectivity index (χ3n) is 11.4. The minimum Gasteiger partial charge on any atom is -0.252 e. The van der Waals surface area contributed by atoms with Crippen LogP contribution in [-0.2, 0) is 12.8 Å². The molecular weight excluding hydrogens is 651 g/mol. The van der Waals surface area contributed by atoms with Gasteiger partial charge in [0, 0.05) is 27.4 Å². The highest BCUT2D eigenvalue weighted by molar-refractivity contribution is 7.15. The number of benzene rings is 4. The highest BCUT2D eigenvalue weighted by atomic mass is 32.1. The lowest BCUT2D eigenvalue weighted by Gasteiger charge is -2.18. The summed E-state index contributed by atoms with van der Waals surface area (Å²) in [5.41, 5.74) is 12.1. The Balaban J connectivity index is 1.52. The van der Waals surface area contributed by atoms with E-state index in [2.05, 4.69) is 115 Å². The van der Waals surface area contributed by atoms with Crippen LogP contribution in [0.4, 0.5) is 0 Å². The highest BCUT2D eigenvalue weighted by Gasteiger charge is 2.21. The fraction of sp³-hybridized carbons (Fsp3) is 0.396. The Hall–Kier alpha value is -4.15. The van der Waals surface area contributed by atoms with Crippen molar-refractivity contribution in [2.45, 2.75) is 113 Å². The first-order chi connectivity index (χ1) is 25.3. The summed E-state index contributed by atoms with van der Waals surface area (Å²) in [6, 6.07) is 25.4. The summed E-state index contributed by atoms with van der Waals surface area (Å²) >= 11 is 1.80. The van der Waals surface area contributed by atoms with Crippen molar-refractivity contribution < 1.29 is 0 Å². The third-order valence-corrected chi connectivity index (χ3v) is 12.6. The van der Waals surface area contributed by atoms with Gasteiger partial charge in [-0.25, -0.2) is 9.97 Å². The summed E-state index contributed by atoms with van der Waals surface area (Å²) in [4.78, 5) is 18.9. The lowest BCUT2D eigenvalue weighted by molar-refractivity contribution is 0.449. The third kappa shape index (κ3) is 7.24. The van der Waals surface area contributed by atoms with Gasteiger partial charge >= 0.3 is 0 Å². The average molecular weight is 706 g/mol. The van der Waals surface area contributed by atoms with E-state index < -0.39 is 0 Å². The van der Waals surface area contributed by atoms with Crippen molar-refractivity contribution in [1.82, 2.24) is 15.0 Å². The topological polar surface area (TPSA) is 38.7 Å². The van der Waals surface area contributed by atoms with Crippen molar-refractivity contribution in [3.8, 4) is 21.7 Å². The zero-order chi connectivity index (χ0) is 36.4. The standard InChI is InChI=1S/C48H55N3S/c1-8-12-14-33(10-3)25-35-18-22-38-40(27-35)41-28-36(26-34(11-4)15-13-9-2)19-23-39(41)44-43(38)50-45-42(37-20-16-30(5)17-21-37)29-49-47(46(45)51-44)48-31(6)24-32(7)52-48/h16-24,27-29,33-34H,8-15,25-26H2,1-7H3. The molecule has 0 aliphatic heterocycles. The molecular formula is C48H55N3S. The minimum absolute atomic E-state index is 0.707. The second-order valence-corrected chi connectivity index (χ2v) is 16.6. The van der Waals surface area contributed by atoms with E-state index in [0.717, 1.165) is 51.7 Å². The molecule has 0 spiro atoms. The molecule has 2 unspecified atom stereocenters. The van der Waals surface area contributed by atoms with E-state index in [-0.39, 0.29) is 0 Å². The van der Waals surface area contributed by atoms with Gasteiger partial charge in [0.15, 0.2) is 0 Å². The average Bonchev–Trinajstić information content (AvgIpc) is 3.50. The van der Waals surface area contributed by atoms with E-state index >= 15 is 0 Å². The van der Waals surface area contributed by atoms with Crippen LogP contribution >= 0.6 is 11.3 Å². The van der Waals surface area contributed by atoms with E-state index in [1.165, 1.54) is 105 Å². The predicted molar refractivity (Wildman–Crippen MR) is 227 cm³/mol. The molecule has 0 fully saturated rings. The van der Waals surface area contributed by atoms with Crippen molar-refractivity contribution in [2.24, 2.45) is 11.8 Å². The normalized spacial score (nSPS) is 13.1. The van der Waals surface area contributed by atoms with Gasteiger partial charge in [-0.15, -0.1) is 11.3 Å². The van der Waals surface area contributed by atoms with E-state index in [9.17, 15) is 0 Å². The monoisotopic (exact) mass is 705 g/mol. The number of fused-ring (bicyclic) bond motifs is 7. The molecule has 0 saturated heterocycles. The van der Waals surface area contributed by atoms with Crippen LogP contribution in [0.5, 0.6) is 0 Å². The van der Waals surface area contributed by atoms with Gasteiger partial charge in [-0.1, -0.05) is 145 Å². The van der Waals surface area contributed by atoms with Crippen LogP contribution < -0.4 is 0 Å². The molecule has 3 aromatic heterocycles. The number of aryl methyl sites for hydroxylation is 3. The van der Waals surface area contributed by atoms with Gasteiger partial charge in [-0.3, -0.25) is 4.98 Å². The summed E-state index contributed by atoms with van der Waals surface area (Å²) in [5.74, 6) is 1.42. The van der Waals surface area contributed by atoms with Crippen molar-refractivity contribution in [1.29, 1.82) is 0 Å². The van der Waals surface area contributed by atoms with Crippen LogP contribution in [0.1, 0.15) is 106 Å². The quantitative estimate of drug-likeness (QED) is 0.0835. The lowest BCUT2D eigenvalue weighted by Crippen LogP contribution is -2.04. The molecule has 0 radical (unpaired) electrons. The van der Waals surface area contributed by atoms with E-state index in [4.69, 9.17) is 15.0 Å². The van der Waals surface area contributed by atoms with Gasteiger partial charge in [0.25, 0.3) is 0 Å². The van der Waals surface area contributed by atoms with E-state index in [0.29, 0.717) is 11.8 Å². The number of rotatable bonds is 14. The summed E-state index contributed by atoms with van der Waals surface area (Å²) < 4.78 is 0. The van der Waals surface area contributed by atoms with Crippen LogP contribution in [0.3, 0.4) is 0 Å². The number of nitrogens with zero attached hydrogens (tertiary/aromatic N) is 3. The molecule has 7 rings (SSSR count). The Kier molecular flexibility index (Phi) is 11.0. The summed E-state index contributed by atoms with van der Waals surface area (Å²) in [6.07, 6.45) is 14.4. The summed E-state index contributed by atoms with van der Waals surface area (Å²) in [7, 11) is 0. The Morgan fingerprint density at radius 2 is 1.15 bits per heavy atom. The molecule has 52 heavy (non-hydrogen) atoms. The molecule has 0 N–H and O–H groups in total. The first-order valence-electron chi connectivity index (χ1n) is 19.9. The lowest BCUT2D eigenvalue weighted by atomic mass is 9.88. The molecule has 3 nitrogen and oxygen atoms in total. The fourth-order valence-corrected chi connectivity index (χ4v) is 9.27. The van der Waals surface area contributed by atoms with E-state index in [1.54, 1.807) is 11.3 Å². The molecule has 0 aliphatic rings. The zero-order valence-corrected chi connectivity index (χ0v) is 33.2. The zero-order valence-electron chi connectivity index (χ0n) is 32.4. The van der Waals surface area contributed by atoms with Crippen molar-refractivity contribution in [3.63, 3.8) is 0 Å². The van der Waals surface area contributed by atoms with Crippen LogP contribution in [0.2, 0.25) is 0 Å². The first-order valence-corrected chi connectivity index (χ1v) is 20.7. The molecule has 0 saturated carbocycles. The largest absolute Gasteiger partial charge is 0.252 e. The van der Waals surface area contributed by atoms with Gasteiger partial charge in [-0.2, -0.15) is 0 Å². The second kappa shape index (κ2) is 15.8. The Morgan fingerprint density at radius 3 is 1.65 bits per heavy atom. The predicted octanol–water partition coefficient (Wildman–Crippen LogP) is 14.3. The Bertz CT molecular complexity index is 2350. The van der Waals surface area contributed by atoms with Gasteiger partial charge in [0.1, 0.15) is 16.7 Å². The van der Waals surface area contributed by atoms with Crippen molar-refractivity contribution in [2.75, 3.05) is 0 Å². The number of unbranched alkanes of at least 4 members (excludes halogenated alkanes) is 2. The molecule has 7 aromatic rings. The molecule has 0 amide bonds.